The summed E-state index contributed by atoms with van der Waals surface area (Å²) in [6.45, 7) is 8.89. The Bertz CT molecular complexity index is 895. The molecule has 2 N–H and O–H groups in total. The normalized spacial score (nSPS) is 31.4. The average molecular weight is 466 g/mol. The summed E-state index contributed by atoms with van der Waals surface area (Å²) in [4.78, 5) is 49.9. The third-order valence-electron chi connectivity index (χ3n) is 5.76. The van der Waals surface area contributed by atoms with E-state index >= 15 is 0 Å². The Balaban J connectivity index is 2.72. The summed E-state index contributed by atoms with van der Waals surface area (Å²) in [7, 11) is 1.14. The van der Waals surface area contributed by atoms with Crippen molar-refractivity contribution in [3.63, 3.8) is 0 Å². The van der Waals surface area contributed by atoms with E-state index in [0.29, 0.717) is 12.8 Å². The first-order chi connectivity index (χ1) is 15.3. The lowest BCUT2D eigenvalue weighted by molar-refractivity contribution is -0.191. The monoisotopic (exact) mass is 466 g/mol. The Morgan fingerprint density at radius 1 is 1.30 bits per heavy atom. The Kier molecular flexibility index (Phi) is 8.20. The highest BCUT2D eigenvalue weighted by Crippen LogP contribution is 2.38. The largest absolute Gasteiger partial charge is 0.466 e. The molecule has 6 atom stereocenters. The smallest absolute Gasteiger partial charge is 0.341 e. The fourth-order valence-corrected chi connectivity index (χ4v) is 3.61. The number of aliphatic hydroxyl groups is 2. The van der Waals surface area contributed by atoms with E-state index in [-0.39, 0.29) is 11.1 Å². The zero-order chi connectivity index (χ0) is 25.1. The molecule has 0 aromatic heterocycles. The van der Waals surface area contributed by atoms with Crippen LogP contribution in [0.15, 0.2) is 35.5 Å². The molecule has 0 aromatic carbocycles. The molecule has 2 rings (SSSR count). The van der Waals surface area contributed by atoms with Crippen molar-refractivity contribution in [2.24, 2.45) is 5.92 Å². The van der Waals surface area contributed by atoms with Gasteiger partial charge >= 0.3 is 23.9 Å². The molecule has 10 heteroatoms. The topological polar surface area (TPSA) is 146 Å². The first-order valence-electron chi connectivity index (χ1n) is 10.4. The molecule has 1 saturated heterocycles. The van der Waals surface area contributed by atoms with E-state index in [1.54, 1.807) is 6.08 Å². The minimum atomic E-state index is -2.34. The number of carbonyl (C=O) groups excluding carboxylic acids is 4. The number of fused-ring (bicyclic) bond motifs is 1. The van der Waals surface area contributed by atoms with Crippen LogP contribution in [-0.4, -0.2) is 71.2 Å². The summed E-state index contributed by atoms with van der Waals surface area (Å²) in [6, 6.07) is 0. The Labute approximate surface area is 191 Å². The lowest BCUT2D eigenvalue weighted by Gasteiger charge is -2.35. The summed E-state index contributed by atoms with van der Waals surface area (Å²) in [5.41, 5.74) is -1.68. The molecule has 1 fully saturated rings. The molecule has 0 unspecified atom stereocenters. The van der Waals surface area contributed by atoms with E-state index in [1.165, 1.54) is 13.0 Å². The highest BCUT2D eigenvalue weighted by Gasteiger charge is 2.52. The van der Waals surface area contributed by atoms with Crippen LogP contribution < -0.4 is 0 Å². The third kappa shape index (κ3) is 5.69. The maximum atomic E-state index is 12.9. The van der Waals surface area contributed by atoms with Crippen LogP contribution >= 0.6 is 0 Å². The van der Waals surface area contributed by atoms with Gasteiger partial charge in [0.2, 0.25) is 0 Å². The number of aliphatic hydroxyl groups excluding tert-OH is 1. The van der Waals surface area contributed by atoms with Crippen LogP contribution in [0.4, 0.5) is 0 Å². The van der Waals surface area contributed by atoms with E-state index in [2.05, 4.69) is 6.58 Å². The number of methoxy groups -OCH3 is 1. The zero-order valence-corrected chi connectivity index (χ0v) is 19.3. The van der Waals surface area contributed by atoms with E-state index in [4.69, 9.17) is 18.9 Å². The first-order valence-corrected chi connectivity index (χ1v) is 10.4. The van der Waals surface area contributed by atoms with Crippen LogP contribution in [0.5, 0.6) is 0 Å². The molecule has 0 amide bonds. The Morgan fingerprint density at radius 3 is 2.48 bits per heavy atom. The third-order valence-corrected chi connectivity index (χ3v) is 5.76. The molecule has 33 heavy (non-hydrogen) atoms. The van der Waals surface area contributed by atoms with Crippen molar-refractivity contribution in [2.75, 3.05) is 7.11 Å². The van der Waals surface area contributed by atoms with Gasteiger partial charge in [0.1, 0.15) is 6.10 Å². The molecule has 0 spiro atoms. The number of rotatable bonds is 5. The van der Waals surface area contributed by atoms with Gasteiger partial charge in [0, 0.05) is 12.5 Å². The summed E-state index contributed by atoms with van der Waals surface area (Å²) in [5, 5.41) is 20.3. The standard InChI is InChI=1S/C23H30O10/c1-11-8-7-9-15(21(27)30-6)18(31-14(4)25)19(33-22(28)23(5,29)13(3)24)17-12(2)20(26)32-16(17)10-11/h9-10,13,16-19,24,29H,2,7-8H2,1,3-6H3/b11-10+,15-9+/t13-,16+,17-,18-,19-,23-/m0/s1. The second-order valence-corrected chi connectivity index (χ2v) is 8.35. The van der Waals surface area contributed by atoms with Gasteiger partial charge in [-0.15, -0.1) is 0 Å². The first kappa shape index (κ1) is 26.3. The molecule has 2 aliphatic rings. The number of ether oxygens (including phenoxy) is 4. The molecular weight excluding hydrogens is 436 g/mol. The number of hydrogen-bond donors (Lipinski definition) is 2. The fourth-order valence-electron chi connectivity index (χ4n) is 3.61. The number of allylic oxidation sites excluding steroid dienone is 2. The molecule has 0 radical (unpaired) electrons. The van der Waals surface area contributed by atoms with Crippen LogP contribution in [-0.2, 0) is 38.1 Å². The van der Waals surface area contributed by atoms with Gasteiger partial charge in [0.05, 0.1) is 24.7 Å². The predicted octanol–water partition coefficient (Wildman–Crippen LogP) is 0.899. The van der Waals surface area contributed by atoms with Crippen molar-refractivity contribution in [3.8, 4) is 0 Å². The van der Waals surface area contributed by atoms with Crippen molar-refractivity contribution in [3.05, 3.63) is 35.5 Å². The molecule has 1 aliphatic carbocycles. The molecular formula is C23H30O10. The van der Waals surface area contributed by atoms with E-state index in [9.17, 15) is 29.4 Å². The van der Waals surface area contributed by atoms with Crippen molar-refractivity contribution < 1.29 is 48.3 Å². The van der Waals surface area contributed by atoms with Gasteiger partial charge in [-0.05, 0) is 39.7 Å². The lowest BCUT2D eigenvalue weighted by Crippen LogP contribution is -2.52. The van der Waals surface area contributed by atoms with Gasteiger partial charge in [-0.25, -0.2) is 14.4 Å². The van der Waals surface area contributed by atoms with Gasteiger partial charge in [-0.2, -0.15) is 0 Å². The van der Waals surface area contributed by atoms with Gasteiger partial charge in [-0.1, -0.05) is 18.2 Å². The molecule has 182 valence electrons. The molecule has 0 bridgehead atoms. The molecule has 10 nitrogen and oxygen atoms in total. The number of hydrogen-bond acceptors (Lipinski definition) is 10. The van der Waals surface area contributed by atoms with E-state index < -0.39 is 59.8 Å². The fraction of sp³-hybridized carbons (Fsp3) is 0.565. The van der Waals surface area contributed by atoms with E-state index in [1.807, 2.05) is 6.92 Å². The van der Waals surface area contributed by atoms with Crippen LogP contribution in [0.2, 0.25) is 0 Å². The number of carbonyl (C=O) groups is 4. The minimum absolute atomic E-state index is 0.0690. The van der Waals surface area contributed by atoms with Crippen LogP contribution in [0, 0.1) is 5.92 Å². The zero-order valence-electron chi connectivity index (χ0n) is 19.3. The van der Waals surface area contributed by atoms with Crippen molar-refractivity contribution >= 4 is 23.9 Å². The summed E-state index contributed by atoms with van der Waals surface area (Å²) in [5.74, 6) is -4.69. The minimum Gasteiger partial charge on any atom is -0.466 e. The van der Waals surface area contributed by atoms with Gasteiger partial charge in [-0.3, -0.25) is 4.79 Å². The Hall–Kier alpha value is -2.98. The SMILES string of the molecule is C=C1C(=O)O[C@@H]2/C=C(\C)CC/C=C(/C(=O)OC)[C@H](OC(C)=O)[C@@H](OC(=O)[C@@](C)(O)[C@H](C)O)[C@@H]12. The highest BCUT2D eigenvalue weighted by atomic mass is 16.6. The van der Waals surface area contributed by atoms with Gasteiger partial charge < -0.3 is 29.2 Å². The average Bonchev–Trinajstić information content (AvgIpc) is 2.99. The second kappa shape index (κ2) is 10.3. The van der Waals surface area contributed by atoms with Crippen LogP contribution in [0.3, 0.4) is 0 Å². The maximum Gasteiger partial charge on any atom is 0.341 e. The number of esters is 4. The molecule has 1 aliphatic heterocycles. The quantitative estimate of drug-likeness (QED) is 0.259. The van der Waals surface area contributed by atoms with Gasteiger partial charge in [0.25, 0.3) is 0 Å². The van der Waals surface area contributed by atoms with Crippen LogP contribution in [0.1, 0.15) is 40.5 Å². The molecule has 0 saturated carbocycles. The lowest BCUT2D eigenvalue weighted by atomic mass is 9.83. The van der Waals surface area contributed by atoms with Crippen molar-refractivity contribution in [1.82, 2.24) is 0 Å². The molecule has 1 heterocycles. The molecule has 0 aromatic rings. The van der Waals surface area contributed by atoms with E-state index in [0.717, 1.165) is 26.5 Å². The van der Waals surface area contributed by atoms with Crippen molar-refractivity contribution in [2.45, 2.75) is 70.6 Å². The summed E-state index contributed by atoms with van der Waals surface area (Å²) in [6.07, 6.45) is -1.44. The van der Waals surface area contributed by atoms with Crippen molar-refractivity contribution in [1.29, 1.82) is 0 Å². The summed E-state index contributed by atoms with van der Waals surface area (Å²) < 4.78 is 21.2. The van der Waals surface area contributed by atoms with Crippen LogP contribution in [0.25, 0.3) is 0 Å². The summed E-state index contributed by atoms with van der Waals surface area (Å²) >= 11 is 0. The predicted molar refractivity (Wildman–Crippen MR) is 113 cm³/mol. The second-order valence-electron chi connectivity index (χ2n) is 8.35. The Morgan fingerprint density at radius 2 is 1.94 bits per heavy atom. The maximum absolute atomic E-state index is 12.9. The highest BCUT2D eigenvalue weighted by molar-refractivity contribution is 5.93. The van der Waals surface area contributed by atoms with Gasteiger partial charge in [0.15, 0.2) is 17.8 Å².